The Bertz CT molecular complexity index is 470. The highest BCUT2D eigenvalue weighted by Gasteiger charge is 2.20. The lowest BCUT2D eigenvalue weighted by Crippen LogP contribution is -2.32. The van der Waals surface area contributed by atoms with Gasteiger partial charge in [-0.15, -0.1) is 0 Å². The first-order valence-corrected chi connectivity index (χ1v) is 7.29. The van der Waals surface area contributed by atoms with Gasteiger partial charge in [-0.25, -0.2) is 0 Å². The summed E-state index contributed by atoms with van der Waals surface area (Å²) in [6, 6.07) is 1.92. The number of aliphatic hydroxyl groups is 1. The van der Waals surface area contributed by atoms with Gasteiger partial charge in [0, 0.05) is 24.9 Å². The highest BCUT2D eigenvalue weighted by molar-refractivity contribution is 8.14. The lowest BCUT2D eigenvalue weighted by atomic mass is 10.0. The molecule has 2 rings (SSSR count). The van der Waals surface area contributed by atoms with Gasteiger partial charge < -0.3 is 10.4 Å². The molecule has 104 valence electrons. The van der Waals surface area contributed by atoms with Crippen molar-refractivity contribution >= 4 is 23.0 Å². The Morgan fingerprint density at radius 3 is 3.32 bits per heavy atom. The number of aromatic nitrogens is 2. The number of piperidine rings is 1. The summed E-state index contributed by atoms with van der Waals surface area (Å²) < 4.78 is 1.72. The van der Waals surface area contributed by atoms with E-state index in [0.717, 1.165) is 25.2 Å². The van der Waals surface area contributed by atoms with E-state index in [-0.39, 0.29) is 17.0 Å². The molecule has 0 amide bonds. The number of hydrogen-bond donors (Lipinski definition) is 2. The van der Waals surface area contributed by atoms with Crippen LogP contribution in [0.2, 0.25) is 0 Å². The molecule has 1 aliphatic heterocycles. The van der Waals surface area contributed by atoms with Crippen LogP contribution < -0.4 is 5.32 Å². The Morgan fingerprint density at radius 2 is 2.58 bits per heavy atom. The van der Waals surface area contributed by atoms with E-state index in [0.29, 0.717) is 6.54 Å². The molecule has 1 atom stereocenters. The van der Waals surface area contributed by atoms with Crippen molar-refractivity contribution in [2.75, 3.05) is 19.7 Å². The van der Waals surface area contributed by atoms with Gasteiger partial charge in [0.1, 0.15) is 0 Å². The van der Waals surface area contributed by atoms with E-state index in [1.807, 2.05) is 18.3 Å². The number of rotatable bonds is 4. The van der Waals surface area contributed by atoms with Crippen molar-refractivity contribution in [3.05, 3.63) is 23.5 Å². The van der Waals surface area contributed by atoms with Gasteiger partial charge in [-0.1, -0.05) is 11.8 Å². The molecule has 6 heteroatoms. The maximum Gasteiger partial charge on any atom is 0.186 e. The van der Waals surface area contributed by atoms with E-state index >= 15 is 0 Å². The molecule has 1 aromatic heterocycles. The summed E-state index contributed by atoms with van der Waals surface area (Å²) in [4.78, 5) is 11.3. The number of carbonyl (C=O) groups is 1. The minimum Gasteiger partial charge on any atom is -0.394 e. The number of hydrogen-bond acceptors (Lipinski definition) is 5. The third-order valence-electron chi connectivity index (χ3n) is 2.96. The predicted molar refractivity (Wildman–Crippen MR) is 76.8 cm³/mol. The fourth-order valence-corrected chi connectivity index (χ4v) is 3.05. The van der Waals surface area contributed by atoms with Crippen molar-refractivity contribution in [3.63, 3.8) is 0 Å². The smallest absolute Gasteiger partial charge is 0.186 e. The molecule has 0 spiro atoms. The minimum absolute atomic E-state index is 0.0854. The van der Waals surface area contributed by atoms with E-state index in [9.17, 15) is 4.79 Å². The lowest BCUT2D eigenvalue weighted by molar-refractivity contribution is -0.109. The van der Waals surface area contributed by atoms with E-state index in [1.54, 1.807) is 11.6 Å². The molecule has 1 unspecified atom stereocenters. The van der Waals surface area contributed by atoms with Crippen LogP contribution in [0.4, 0.5) is 0 Å². The molecule has 2 heterocycles. The summed E-state index contributed by atoms with van der Waals surface area (Å²) in [6.45, 7) is 3.95. The second kappa shape index (κ2) is 6.88. The first kappa shape index (κ1) is 14.3. The third kappa shape index (κ3) is 4.19. The van der Waals surface area contributed by atoms with Gasteiger partial charge in [-0.05, 0) is 30.7 Å². The summed E-state index contributed by atoms with van der Waals surface area (Å²) in [5.41, 5.74) is 2.09. The van der Waals surface area contributed by atoms with E-state index in [1.165, 1.54) is 17.3 Å². The molecule has 1 saturated heterocycles. The summed E-state index contributed by atoms with van der Waals surface area (Å²) in [5.74, 6) is 0. The number of carbonyl (C=O) groups excluding carboxylic acids is 1. The molecule has 1 aromatic rings. The molecular weight excluding hydrogens is 262 g/mol. The van der Waals surface area contributed by atoms with Gasteiger partial charge in [0.25, 0.3) is 0 Å². The summed E-state index contributed by atoms with van der Waals surface area (Å²) in [7, 11) is 0. The van der Waals surface area contributed by atoms with Crippen LogP contribution in [-0.2, 0) is 11.3 Å². The monoisotopic (exact) mass is 281 g/mol. The zero-order chi connectivity index (χ0) is 13.7. The van der Waals surface area contributed by atoms with Crippen LogP contribution in [0.1, 0.15) is 19.0 Å². The molecule has 2 N–H and O–H groups in total. The topological polar surface area (TPSA) is 67.2 Å². The Balaban J connectivity index is 2.11. The summed E-state index contributed by atoms with van der Waals surface area (Å²) >= 11 is 1.40. The van der Waals surface area contributed by atoms with E-state index < -0.39 is 0 Å². The average Bonchev–Trinajstić information content (AvgIpc) is 2.79. The zero-order valence-electron chi connectivity index (χ0n) is 11.0. The second-order valence-corrected chi connectivity index (χ2v) is 5.89. The van der Waals surface area contributed by atoms with Gasteiger partial charge in [-0.2, -0.15) is 5.10 Å². The fraction of sp³-hybridized carbons (Fsp3) is 0.538. The first-order chi connectivity index (χ1) is 9.19. The largest absolute Gasteiger partial charge is 0.394 e. The highest BCUT2D eigenvalue weighted by atomic mass is 32.2. The normalized spacial score (nSPS) is 21.8. The van der Waals surface area contributed by atoms with Gasteiger partial charge in [0.2, 0.25) is 0 Å². The van der Waals surface area contributed by atoms with E-state index in [2.05, 4.69) is 10.4 Å². The lowest BCUT2D eigenvalue weighted by Gasteiger charge is -2.24. The van der Waals surface area contributed by atoms with Crippen LogP contribution in [0.25, 0.3) is 6.08 Å². The van der Waals surface area contributed by atoms with Crippen LogP contribution in [0.15, 0.2) is 17.8 Å². The van der Waals surface area contributed by atoms with Crippen LogP contribution in [-0.4, -0.2) is 44.9 Å². The molecule has 0 radical (unpaired) electrons. The molecule has 0 aromatic carbocycles. The van der Waals surface area contributed by atoms with Crippen LogP contribution >= 0.6 is 11.8 Å². The Kier molecular flexibility index (Phi) is 5.18. The minimum atomic E-state index is 0.0854. The predicted octanol–water partition coefficient (Wildman–Crippen LogP) is 0.900. The average molecular weight is 281 g/mol. The first-order valence-electron chi connectivity index (χ1n) is 6.42. The van der Waals surface area contributed by atoms with Crippen LogP contribution in [0.5, 0.6) is 0 Å². The number of thioether (sulfide) groups is 1. The van der Waals surface area contributed by atoms with Crippen molar-refractivity contribution in [1.29, 1.82) is 0 Å². The molecule has 0 aliphatic carbocycles. The van der Waals surface area contributed by atoms with Gasteiger partial charge in [-0.3, -0.25) is 9.48 Å². The number of aliphatic hydroxyl groups excluding tert-OH is 1. The second-order valence-electron chi connectivity index (χ2n) is 4.51. The summed E-state index contributed by atoms with van der Waals surface area (Å²) in [5, 5.41) is 17.0. The number of nitrogens with zero attached hydrogens (tertiary/aromatic N) is 2. The van der Waals surface area contributed by atoms with Crippen LogP contribution in [0, 0.1) is 0 Å². The molecule has 1 fully saturated rings. The van der Waals surface area contributed by atoms with Crippen molar-refractivity contribution in [3.8, 4) is 0 Å². The molecule has 0 saturated carbocycles. The van der Waals surface area contributed by atoms with Crippen molar-refractivity contribution in [2.45, 2.75) is 25.1 Å². The molecule has 1 aliphatic rings. The molecular formula is C13H19N3O2S. The van der Waals surface area contributed by atoms with Gasteiger partial charge in [0.15, 0.2) is 5.12 Å². The number of nitrogens with one attached hydrogen (secondary N) is 1. The Hall–Kier alpha value is -1.11. The fourth-order valence-electron chi connectivity index (χ4n) is 2.12. The molecule has 0 bridgehead atoms. The Labute approximate surface area is 117 Å². The maximum atomic E-state index is 11.3. The maximum absolute atomic E-state index is 11.3. The molecule has 19 heavy (non-hydrogen) atoms. The Morgan fingerprint density at radius 1 is 1.74 bits per heavy atom. The van der Waals surface area contributed by atoms with Crippen molar-refractivity contribution in [1.82, 2.24) is 15.1 Å². The van der Waals surface area contributed by atoms with Gasteiger partial charge >= 0.3 is 0 Å². The molecule has 5 nitrogen and oxygen atoms in total. The zero-order valence-corrected chi connectivity index (χ0v) is 11.8. The van der Waals surface area contributed by atoms with Crippen molar-refractivity contribution in [2.24, 2.45) is 0 Å². The standard InChI is InChI=1S/C13H19N3O2S/c1-10(18)19-13-2-4-14-9-11(13)8-12-3-5-16(15-12)6-7-17/h3,5,8,13-14,17H,2,4,6-7,9H2,1H3. The third-order valence-corrected chi connectivity index (χ3v) is 4.11. The van der Waals surface area contributed by atoms with Crippen LogP contribution in [0.3, 0.4) is 0 Å². The SMILES string of the molecule is CC(=O)SC1CCNCC1=Cc1ccn(CCO)n1. The van der Waals surface area contributed by atoms with Gasteiger partial charge in [0.05, 0.1) is 18.8 Å². The van der Waals surface area contributed by atoms with E-state index in [4.69, 9.17) is 5.11 Å². The quantitative estimate of drug-likeness (QED) is 0.858. The highest BCUT2D eigenvalue weighted by Crippen LogP contribution is 2.26. The summed E-state index contributed by atoms with van der Waals surface area (Å²) in [6.07, 6.45) is 4.86. The van der Waals surface area contributed by atoms with Crippen molar-refractivity contribution < 1.29 is 9.90 Å².